The Hall–Kier alpha value is -7.18. The molecule has 6 nitrogen and oxygen atoms in total. The van der Waals surface area contributed by atoms with E-state index in [2.05, 4.69) is 153 Å². The number of benzene rings is 7. The fourth-order valence-electron chi connectivity index (χ4n) is 9.19. The number of hydrogen-bond acceptors (Lipinski definition) is 3. The minimum absolute atomic E-state index is 0.557. The highest BCUT2D eigenvalue weighted by Crippen LogP contribution is 2.47. The molecule has 0 saturated carbocycles. The van der Waals surface area contributed by atoms with E-state index < -0.39 is 0 Å². The lowest BCUT2D eigenvalue weighted by Crippen LogP contribution is -2.06. The van der Waals surface area contributed by atoms with Crippen molar-refractivity contribution >= 4 is 104 Å². The first kappa shape index (κ1) is 26.7. The van der Waals surface area contributed by atoms with Gasteiger partial charge in [0.1, 0.15) is 5.58 Å². The summed E-state index contributed by atoms with van der Waals surface area (Å²) in [6.45, 7) is 0. The lowest BCUT2D eigenvalue weighted by atomic mass is 10.0. The smallest absolute Gasteiger partial charge is 0.240 e. The molecule has 6 heteroatoms. The van der Waals surface area contributed by atoms with Crippen LogP contribution in [-0.2, 0) is 0 Å². The van der Waals surface area contributed by atoms with E-state index in [1.807, 2.05) is 12.1 Å². The zero-order valence-electron chi connectivity index (χ0n) is 27.6. The molecule has 0 saturated heterocycles. The highest BCUT2D eigenvalue weighted by atomic mass is 16.3. The first-order chi connectivity index (χ1) is 25.8. The monoisotopic (exact) mass is 663 g/mol. The van der Waals surface area contributed by atoms with Crippen LogP contribution in [0.2, 0.25) is 0 Å². The number of nitrogens with zero attached hydrogens (tertiary/aromatic N) is 5. The van der Waals surface area contributed by atoms with Gasteiger partial charge in [-0.25, -0.2) is 0 Å². The minimum Gasteiger partial charge on any atom is -0.437 e. The highest BCUT2D eigenvalue weighted by Gasteiger charge is 2.27. The third kappa shape index (κ3) is 3.12. The lowest BCUT2D eigenvalue weighted by molar-refractivity contribution is 0.650. The Morgan fingerprint density at radius 1 is 0.385 bits per heavy atom. The molecule has 6 aromatic heterocycles. The quantitative estimate of drug-likeness (QED) is 0.185. The van der Waals surface area contributed by atoms with Crippen LogP contribution in [-0.4, -0.2) is 23.5 Å². The van der Waals surface area contributed by atoms with Crippen molar-refractivity contribution in [1.82, 2.24) is 23.5 Å². The average molecular weight is 664 g/mol. The summed E-state index contributed by atoms with van der Waals surface area (Å²) >= 11 is 0. The van der Waals surface area contributed by atoms with Gasteiger partial charge in [-0.2, -0.15) is 9.97 Å². The molecule has 0 amide bonds. The topological polar surface area (TPSA) is 53.2 Å². The summed E-state index contributed by atoms with van der Waals surface area (Å²) in [5.41, 5.74) is 9.29. The third-order valence-electron chi connectivity index (χ3n) is 11.2. The summed E-state index contributed by atoms with van der Waals surface area (Å²) in [4.78, 5) is 10.9. The van der Waals surface area contributed by atoms with Crippen LogP contribution in [0.4, 0.5) is 0 Å². The maximum atomic E-state index is 6.61. The third-order valence-corrected chi connectivity index (χ3v) is 11.2. The van der Waals surface area contributed by atoms with E-state index >= 15 is 0 Å². The van der Waals surface area contributed by atoms with E-state index in [1.165, 1.54) is 54.3 Å². The van der Waals surface area contributed by atoms with Crippen molar-refractivity contribution in [3.63, 3.8) is 0 Å². The first-order valence-corrected chi connectivity index (χ1v) is 17.6. The molecular weight excluding hydrogens is 639 g/mol. The number of hydrogen-bond donors (Lipinski definition) is 0. The second kappa shape index (κ2) is 9.33. The maximum Gasteiger partial charge on any atom is 0.240 e. The molecule has 0 aliphatic carbocycles. The van der Waals surface area contributed by atoms with Crippen molar-refractivity contribution in [2.45, 2.75) is 0 Å². The van der Waals surface area contributed by atoms with Crippen molar-refractivity contribution in [2.24, 2.45) is 0 Å². The van der Waals surface area contributed by atoms with Gasteiger partial charge in [-0.05, 0) is 42.5 Å². The molecule has 0 radical (unpaired) electrons. The first-order valence-electron chi connectivity index (χ1n) is 17.6. The fraction of sp³-hybridized carbons (Fsp3) is 0. The number of fused-ring (bicyclic) bond motifs is 16. The van der Waals surface area contributed by atoms with Gasteiger partial charge in [0, 0.05) is 48.5 Å². The predicted molar refractivity (Wildman–Crippen MR) is 213 cm³/mol. The zero-order chi connectivity index (χ0) is 33.7. The Bertz CT molecular complexity index is 3600. The van der Waals surface area contributed by atoms with Gasteiger partial charge in [-0.15, -0.1) is 0 Å². The van der Waals surface area contributed by atoms with Gasteiger partial charge in [0.05, 0.1) is 44.0 Å². The second-order valence-electron chi connectivity index (χ2n) is 13.8. The van der Waals surface area contributed by atoms with Crippen molar-refractivity contribution in [1.29, 1.82) is 0 Å². The lowest BCUT2D eigenvalue weighted by Gasteiger charge is -2.12. The van der Waals surface area contributed by atoms with Crippen LogP contribution < -0.4 is 0 Å². The van der Waals surface area contributed by atoms with Crippen molar-refractivity contribution in [3.8, 4) is 11.8 Å². The van der Waals surface area contributed by atoms with Gasteiger partial charge < -0.3 is 8.82 Å². The van der Waals surface area contributed by atoms with Crippen LogP contribution in [0.15, 0.2) is 156 Å². The van der Waals surface area contributed by atoms with Gasteiger partial charge >= 0.3 is 0 Å². The zero-order valence-corrected chi connectivity index (χ0v) is 27.6. The van der Waals surface area contributed by atoms with Crippen molar-refractivity contribution < 1.29 is 4.42 Å². The van der Waals surface area contributed by atoms with E-state index in [1.54, 1.807) is 0 Å². The largest absolute Gasteiger partial charge is 0.437 e. The van der Waals surface area contributed by atoms with Crippen LogP contribution in [0.25, 0.3) is 116 Å². The molecule has 0 aliphatic heterocycles. The van der Waals surface area contributed by atoms with E-state index in [0.29, 0.717) is 11.7 Å². The molecule has 0 aliphatic rings. The summed E-state index contributed by atoms with van der Waals surface area (Å²) in [5.74, 6) is 1.36. The van der Waals surface area contributed by atoms with Crippen LogP contribution in [0, 0.1) is 0 Å². The van der Waals surface area contributed by atoms with Crippen LogP contribution in [0.5, 0.6) is 0 Å². The Kier molecular flexibility index (Phi) is 4.78. The van der Waals surface area contributed by atoms with Crippen LogP contribution >= 0.6 is 0 Å². The predicted octanol–water partition coefficient (Wildman–Crippen LogP) is 11.7. The van der Waals surface area contributed by atoms with E-state index in [0.717, 1.165) is 49.6 Å². The van der Waals surface area contributed by atoms with Crippen molar-refractivity contribution in [2.75, 3.05) is 0 Å². The normalized spacial score (nSPS) is 12.6. The van der Waals surface area contributed by atoms with E-state index in [4.69, 9.17) is 14.4 Å². The molecule has 240 valence electrons. The number of para-hydroxylation sites is 6. The van der Waals surface area contributed by atoms with Gasteiger partial charge in [0.25, 0.3) is 0 Å². The molecule has 0 atom stereocenters. The molecule has 0 spiro atoms. The molecule has 0 N–H and O–H groups in total. The molecule has 13 rings (SSSR count). The molecule has 0 fully saturated rings. The average Bonchev–Trinajstić information content (AvgIpc) is 3.99. The molecular formula is C46H25N5O. The molecule has 7 aromatic carbocycles. The summed E-state index contributed by atoms with van der Waals surface area (Å²) < 4.78 is 13.6. The Labute approximate surface area is 294 Å². The Balaban J connectivity index is 1.26. The van der Waals surface area contributed by atoms with Crippen LogP contribution in [0.3, 0.4) is 0 Å². The van der Waals surface area contributed by atoms with Gasteiger partial charge in [-0.1, -0.05) is 109 Å². The number of furan rings is 1. The summed E-state index contributed by atoms with van der Waals surface area (Å²) in [7, 11) is 0. The summed E-state index contributed by atoms with van der Waals surface area (Å²) in [5, 5.41) is 11.5. The van der Waals surface area contributed by atoms with Gasteiger partial charge in [0.2, 0.25) is 11.7 Å². The molecule has 52 heavy (non-hydrogen) atoms. The standard InChI is InChI=1S/C46H25N5O/c1-8-20-34-26(13-1)27-14-2-9-21-35(27)50(34)44-42-31-18-6-12-24-39(31)52-45(42)48-46(47-44)51-37-23-11-4-16-29(37)40-38(51)25-32-28-15-3-7-19-33(28)49-36-22-10-5-17-30(36)41(40)43(32)49/h1-25H. The van der Waals surface area contributed by atoms with Crippen LogP contribution in [0.1, 0.15) is 0 Å². The maximum absolute atomic E-state index is 6.61. The highest BCUT2D eigenvalue weighted by molar-refractivity contribution is 6.35. The minimum atomic E-state index is 0.557. The Morgan fingerprint density at radius 3 is 1.56 bits per heavy atom. The second-order valence-corrected chi connectivity index (χ2v) is 13.8. The van der Waals surface area contributed by atoms with Gasteiger partial charge in [0.15, 0.2) is 5.82 Å². The SMILES string of the molecule is c1ccc2c(c1)oc1nc(-n3c4ccccc4c4c5c6ccccc6n6c7ccccc7c(cc43)c56)nc(-n3c4ccccc4c4ccccc43)c12. The van der Waals surface area contributed by atoms with Crippen molar-refractivity contribution in [3.05, 3.63) is 152 Å². The van der Waals surface area contributed by atoms with E-state index in [9.17, 15) is 0 Å². The molecule has 13 aromatic rings. The number of rotatable bonds is 2. The molecule has 0 bridgehead atoms. The molecule has 6 heterocycles. The Morgan fingerprint density at radius 2 is 0.885 bits per heavy atom. The molecule has 0 unspecified atom stereocenters. The van der Waals surface area contributed by atoms with E-state index in [-0.39, 0.29) is 0 Å². The summed E-state index contributed by atoms with van der Waals surface area (Å²) in [6, 6.07) is 53.8. The fourth-order valence-corrected chi connectivity index (χ4v) is 9.19. The summed E-state index contributed by atoms with van der Waals surface area (Å²) in [6.07, 6.45) is 0. The number of aromatic nitrogens is 5. The van der Waals surface area contributed by atoms with Gasteiger partial charge in [-0.3, -0.25) is 9.13 Å².